The number of aliphatic hydroxyl groups excluding tert-OH is 1. The van der Waals surface area contributed by atoms with Gasteiger partial charge in [-0.3, -0.25) is 14.5 Å². The Hall–Kier alpha value is -1.63. The molecule has 7 heteroatoms. The summed E-state index contributed by atoms with van der Waals surface area (Å²) in [6, 6.07) is -0.710. The van der Waals surface area contributed by atoms with Crippen LogP contribution >= 0.6 is 0 Å². The lowest BCUT2D eigenvalue weighted by Crippen LogP contribution is -2.50. The quantitative estimate of drug-likeness (QED) is 0.627. The van der Waals surface area contributed by atoms with Crippen molar-refractivity contribution in [3.8, 4) is 0 Å². The van der Waals surface area contributed by atoms with E-state index in [1.165, 1.54) is 0 Å². The predicted molar refractivity (Wildman–Crippen MR) is 61.5 cm³/mol. The molecule has 18 heavy (non-hydrogen) atoms. The highest BCUT2D eigenvalue weighted by Gasteiger charge is 2.33. The highest BCUT2D eigenvalue weighted by atomic mass is 16.3. The van der Waals surface area contributed by atoms with Crippen LogP contribution in [0, 0.1) is 0 Å². The Balaban J connectivity index is 1.98. The summed E-state index contributed by atoms with van der Waals surface area (Å²) in [6.45, 7) is 0.219. The van der Waals surface area contributed by atoms with Gasteiger partial charge in [-0.05, 0) is 19.3 Å². The number of nitrogens with zero attached hydrogens (tertiary/aromatic N) is 2. The summed E-state index contributed by atoms with van der Waals surface area (Å²) in [5.74, 6) is -0.662. The van der Waals surface area contributed by atoms with Crippen LogP contribution in [0.1, 0.15) is 19.3 Å². The zero-order valence-corrected chi connectivity index (χ0v) is 10.1. The summed E-state index contributed by atoms with van der Waals surface area (Å²) in [4.78, 5) is 37.3. The summed E-state index contributed by atoms with van der Waals surface area (Å²) in [7, 11) is 0. The number of amides is 4. The van der Waals surface area contributed by atoms with Gasteiger partial charge in [0.25, 0.3) is 5.91 Å². The second-order valence-corrected chi connectivity index (χ2v) is 4.56. The van der Waals surface area contributed by atoms with E-state index < -0.39 is 6.03 Å². The molecule has 2 aliphatic heterocycles. The van der Waals surface area contributed by atoms with Gasteiger partial charge >= 0.3 is 6.03 Å². The van der Waals surface area contributed by atoms with Crippen molar-refractivity contribution in [3.05, 3.63) is 0 Å². The SMILES string of the molecule is O=C1CNC(=O)N1CC(=O)N1CCCCC1CO. The predicted octanol–water partition coefficient (Wildman–Crippen LogP) is -1.09. The van der Waals surface area contributed by atoms with Gasteiger partial charge in [0, 0.05) is 6.54 Å². The van der Waals surface area contributed by atoms with E-state index in [0.717, 1.165) is 24.2 Å². The first-order chi connectivity index (χ1) is 8.63. The first-order valence-electron chi connectivity index (χ1n) is 6.12. The van der Waals surface area contributed by atoms with E-state index in [9.17, 15) is 19.5 Å². The maximum Gasteiger partial charge on any atom is 0.325 e. The molecule has 2 aliphatic rings. The van der Waals surface area contributed by atoms with Gasteiger partial charge in [-0.1, -0.05) is 0 Å². The van der Waals surface area contributed by atoms with Crippen molar-refractivity contribution >= 4 is 17.8 Å². The first kappa shape index (κ1) is 12.8. The molecule has 0 aromatic heterocycles. The lowest BCUT2D eigenvalue weighted by molar-refractivity contribution is -0.140. The summed E-state index contributed by atoms with van der Waals surface area (Å²) < 4.78 is 0. The number of carbonyl (C=O) groups excluding carboxylic acids is 3. The van der Waals surface area contributed by atoms with Gasteiger partial charge in [-0.15, -0.1) is 0 Å². The lowest BCUT2D eigenvalue weighted by Gasteiger charge is -2.35. The number of aliphatic hydroxyl groups is 1. The Labute approximate surface area is 105 Å². The standard InChI is InChI=1S/C11H17N3O4/c15-7-8-3-1-2-4-13(8)10(17)6-14-9(16)5-12-11(14)18/h8,15H,1-7H2,(H,12,18). The number of nitrogens with one attached hydrogen (secondary N) is 1. The van der Waals surface area contributed by atoms with Crippen LogP contribution in [-0.4, -0.2) is 65.0 Å². The zero-order chi connectivity index (χ0) is 13.1. The summed E-state index contributed by atoms with van der Waals surface area (Å²) in [5.41, 5.74) is 0. The molecule has 0 spiro atoms. The van der Waals surface area contributed by atoms with Crippen molar-refractivity contribution in [1.82, 2.24) is 15.1 Å². The molecule has 0 saturated carbocycles. The molecule has 2 heterocycles. The first-order valence-corrected chi connectivity index (χ1v) is 6.12. The third-order valence-electron chi connectivity index (χ3n) is 3.39. The van der Waals surface area contributed by atoms with Crippen molar-refractivity contribution in [2.24, 2.45) is 0 Å². The molecule has 0 bridgehead atoms. The maximum atomic E-state index is 12.1. The van der Waals surface area contributed by atoms with Crippen LogP contribution in [0.4, 0.5) is 4.79 Å². The fourth-order valence-corrected chi connectivity index (χ4v) is 2.36. The molecule has 1 unspecified atom stereocenters. The largest absolute Gasteiger partial charge is 0.394 e. The van der Waals surface area contributed by atoms with Crippen molar-refractivity contribution < 1.29 is 19.5 Å². The molecule has 100 valence electrons. The molecule has 4 amide bonds. The number of imide groups is 1. The monoisotopic (exact) mass is 255 g/mol. The fourth-order valence-electron chi connectivity index (χ4n) is 2.36. The number of likely N-dealkylation sites (tertiary alicyclic amines) is 1. The van der Waals surface area contributed by atoms with E-state index >= 15 is 0 Å². The summed E-state index contributed by atoms with van der Waals surface area (Å²) in [5, 5.41) is 11.6. The van der Waals surface area contributed by atoms with Gasteiger partial charge in [0.05, 0.1) is 19.2 Å². The van der Waals surface area contributed by atoms with E-state index in [4.69, 9.17) is 0 Å². The Morgan fingerprint density at radius 3 is 2.78 bits per heavy atom. The second kappa shape index (κ2) is 5.34. The molecule has 0 radical (unpaired) electrons. The van der Waals surface area contributed by atoms with E-state index in [1.54, 1.807) is 4.90 Å². The molecule has 0 aliphatic carbocycles. The number of urea groups is 1. The zero-order valence-electron chi connectivity index (χ0n) is 10.1. The van der Waals surface area contributed by atoms with Gasteiger partial charge in [0.2, 0.25) is 5.91 Å². The molecular weight excluding hydrogens is 238 g/mol. The highest BCUT2D eigenvalue weighted by molar-refractivity contribution is 6.04. The number of hydrogen-bond donors (Lipinski definition) is 2. The lowest BCUT2D eigenvalue weighted by atomic mass is 10.0. The van der Waals surface area contributed by atoms with Crippen molar-refractivity contribution in [1.29, 1.82) is 0 Å². The van der Waals surface area contributed by atoms with Crippen LogP contribution in [-0.2, 0) is 9.59 Å². The van der Waals surface area contributed by atoms with Crippen molar-refractivity contribution in [2.45, 2.75) is 25.3 Å². The topological polar surface area (TPSA) is 90.0 Å². The molecule has 1 atom stereocenters. The van der Waals surface area contributed by atoms with E-state index in [0.29, 0.717) is 6.54 Å². The maximum absolute atomic E-state index is 12.1. The Morgan fingerprint density at radius 1 is 1.39 bits per heavy atom. The van der Waals surface area contributed by atoms with Crippen LogP contribution in [0.3, 0.4) is 0 Å². The van der Waals surface area contributed by atoms with Crippen molar-refractivity contribution in [2.75, 3.05) is 26.2 Å². The van der Waals surface area contributed by atoms with Gasteiger partial charge in [0.15, 0.2) is 0 Å². The van der Waals surface area contributed by atoms with E-state index in [-0.39, 0.29) is 37.6 Å². The second-order valence-electron chi connectivity index (χ2n) is 4.56. The Bertz CT molecular complexity index is 355. The van der Waals surface area contributed by atoms with Gasteiger partial charge < -0.3 is 15.3 Å². The fraction of sp³-hybridized carbons (Fsp3) is 0.727. The normalized spacial score (nSPS) is 24.4. The Morgan fingerprint density at radius 2 is 2.17 bits per heavy atom. The van der Waals surface area contributed by atoms with Crippen molar-refractivity contribution in [3.63, 3.8) is 0 Å². The minimum atomic E-state index is -0.522. The van der Waals surface area contributed by atoms with E-state index in [1.807, 2.05) is 0 Å². The van der Waals surface area contributed by atoms with Crippen LogP contribution in [0.5, 0.6) is 0 Å². The third-order valence-corrected chi connectivity index (χ3v) is 3.39. The van der Waals surface area contributed by atoms with Gasteiger partial charge in [0.1, 0.15) is 6.54 Å². The molecule has 0 aromatic rings. The summed E-state index contributed by atoms with van der Waals surface area (Å²) in [6.07, 6.45) is 2.64. The number of carbonyl (C=O) groups is 3. The molecule has 0 aromatic carbocycles. The van der Waals surface area contributed by atoms with Gasteiger partial charge in [-0.2, -0.15) is 0 Å². The van der Waals surface area contributed by atoms with Crippen LogP contribution in [0.25, 0.3) is 0 Å². The average Bonchev–Trinajstić information content (AvgIpc) is 2.70. The molecular formula is C11H17N3O4. The van der Waals surface area contributed by atoms with Crippen LogP contribution < -0.4 is 5.32 Å². The smallest absolute Gasteiger partial charge is 0.325 e. The molecule has 2 rings (SSSR count). The minimum Gasteiger partial charge on any atom is -0.394 e. The molecule has 2 N–H and O–H groups in total. The summed E-state index contributed by atoms with van der Waals surface area (Å²) >= 11 is 0. The molecule has 2 fully saturated rings. The molecule has 2 saturated heterocycles. The number of piperidine rings is 1. The number of rotatable bonds is 3. The minimum absolute atomic E-state index is 0.0461. The number of hydrogen-bond acceptors (Lipinski definition) is 4. The average molecular weight is 255 g/mol. The van der Waals surface area contributed by atoms with Crippen LogP contribution in [0.2, 0.25) is 0 Å². The van der Waals surface area contributed by atoms with E-state index in [2.05, 4.69) is 5.32 Å². The third kappa shape index (κ3) is 2.45. The Kier molecular flexibility index (Phi) is 3.81. The van der Waals surface area contributed by atoms with Gasteiger partial charge in [-0.25, -0.2) is 4.79 Å². The van der Waals surface area contributed by atoms with Crippen LogP contribution in [0.15, 0.2) is 0 Å². The molecule has 7 nitrogen and oxygen atoms in total. The highest BCUT2D eigenvalue weighted by Crippen LogP contribution is 2.17.